The third kappa shape index (κ3) is 20.5. The lowest BCUT2D eigenvalue weighted by Crippen LogP contribution is -3.00. The predicted octanol–water partition coefficient (Wildman–Crippen LogP) is -1.10. The minimum atomic E-state index is 0. The molecular formula is C45H92Br4N4. The van der Waals surface area contributed by atoms with Crippen molar-refractivity contribution >= 4 is 0 Å². The maximum atomic E-state index is 2.32. The van der Waals surface area contributed by atoms with E-state index in [4.69, 9.17) is 0 Å². The zero-order chi connectivity index (χ0) is 34.4. The summed E-state index contributed by atoms with van der Waals surface area (Å²) in [5, 5.41) is 0. The Labute approximate surface area is 375 Å². The Bertz CT molecular complexity index is 730. The van der Waals surface area contributed by atoms with Gasteiger partial charge in [0.1, 0.15) is 78.5 Å². The predicted molar refractivity (Wildman–Crippen MR) is 215 cm³/mol. The van der Waals surface area contributed by atoms with E-state index in [0.717, 1.165) is 0 Å². The molecule has 6 saturated heterocycles. The Kier molecular flexibility index (Phi) is 32.7. The number of hydrogen-bond acceptors (Lipinski definition) is 0. The van der Waals surface area contributed by atoms with Gasteiger partial charge < -0.3 is 85.9 Å². The Morgan fingerprint density at radius 2 is 0.340 bits per heavy atom. The van der Waals surface area contributed by atoms with Gasteiger partial charge in [-0.2, -0.15) is 0 Å². The highest BCUT2D eigenvalue weighted by molar-refractivity contribution is 4.65. The van der Waals surface area contributed by atoms with Crippen LogP contribution in [-0.4, -0.2) is 123 Å². The van der Waals surface area contributed by atoms with E-state index in [1.807, 2.05) is 0 Å². The maximum Gasteiger partial charge on any atom is 0.129 e. The first-order valence-electron chi connectivity index (χ1n) is 23.5. The molecule has 0 spiro atoms. The molecule has 53 heavy (non-hydrogen) atoms. The van der Waals surface area contributed by atoms with Crippen molar-refractivity contribution in [3.05, 3.63) is 0 Å². The van der Waals surface area contributed by atoms with Gasteiger partial charge >= 0.3 is 0 Å². The van der Waals surface area contributed by atoms with Crippen molar-refractivity contribution in [1.82, 2.24) is 0 Å². The molecule has 4 bridgehead atoms. The second kappa shape index (κ2) is 31.7. The van der Waals surface area contributed by atoms with Gasteiger partial charge in [0.2, 0.25) is 0 Å². The molecule has 0 aromatic rings. The molecule has 6 heterocycles. The van der Waals surface area contributed by atoms with E-state index in [0.29, 0.717) is 0 Å². The normalized spacial score (nSPS) is 27.1. The standard InChI is InChI=1S/C45H92N4.4BrH/c1-3-5-7-9-11-13-15-17-19-21-23-26-30-46-34-40-48(41-35-46,42-36-46)32-28-25-29-33-49-43-37-47(38-44-49,39-45-49)31-27-24-22-20-18-16-14-12-10-8-6-4-2;;;;/h3-45H2,1-2H3;4*1H/q+4;;;;/p-4. The summed E-state index contributed by atoms with van der Waals surface area (Å²) >= 11 is 0. The van der Waals surface area contributed by atoms with E-state index in [9.17, 15) is 0 Å². The fourth-order valence-corrected chi connectivity index (χ4v) is 10.9. The van der Waals surface area contributed by atoms with Gasteiger partial charge in [0.25, 0.3) is 0 Å². The fourth-order valence-electron chi connectivity index (χ4n) is 10.9. The summed E-state index contributed by atoms with van der Waals surface area (Å²) in [5.41, 5.74) is 0. The molecule has 8 heteroatoms. The molecule has 0 unspecified atom stereocenters. The first-order chi connectivity index (χ1) is 24.1. The molecule has 0 saturated carbocycles. The van der Waals surface area contributed by atoms with Crippen molar-refractivity contribution in [3.63, 3.8) is 0 Å². The van der Waals surface area contributed by atoms with Gasteiger partial charge in [0.05, 0.1) is 26.2 Å². The molecule has 4 nitrogen and oxygen atoms in total. The number of piperazine rings is 6. The van der Waals surface area contributed by atoms with Crippen LogP contribution >= 0.6 is 0 Å². The Morgan fingerprint density at radius 1 is 0.208 bits per heavy atom. The monoisotopic (exact) mass is 1000 g/mol. The summed E-state index contributed by atoms with van der Waals surface area (Å²) in [4.78, 5) is 0. The number of hydrogen-bond donors (Lipinski definition) is 0. The summed E-state index contributed by atoms with van der Waals surface area (Å²) in [6.45, 7) is 28.6. The number of rotatable bonds is 32. The highest BCUT2D eigenvalue weighted by Gasteiger charge is 2.49. The van der Waals surface area contributed by atoms with Crippen LogP contribution in [0.15, 0.2) is 0 Å². The summed E-state index contributed by atoms with van der Waals surface area (Å²) in [5.74, 6) is 0. The molecule has 6 rings (SSSR count). The van der Waals surface area contributed by atoms with Crippen molar-refractivity contribution in [2.24, 2.45) is 0 Å². The molecule has 0 amide bonds. The molecule has 0 atom stereocenters. The summed E-state index contributed by atoms with van der Waals surface area (Å²) in [6.07, 6.45) is 39.9. The summed E-state index contributed by atoms with van der Waals surface area (Å²) in [6, 6.07) is 0. The first kappa shape index (κ1) is 54.8. The molecule has 0 N–H and O–H groups in total. The molecule has 0 radical (unpaired) electrons. The zero-order valence-electron chi connectivity index (χ0n) is 35.7. The highest BCUT2D eigenvalue weighted by atomic mass is 79.9. The van der Waals surface area contributed by atoms with E-state index >= 15 is 0 Å². The zero-order valence-corrected chi connectivity index (χ0v) is 42.1. The minimum Gasteiger partial charge on any atom is -1.00 e. The van der Waals surface area contributed by atoms with Gasteiger partial charge in [-0.1, -0.05) is 142 Å². The SMILES string of the molecule is CCCCCCCCCCCCCC[N+]12CC[N+](CCCCC[N+]34CC[N+](CCCCCCCCCCCCCC)(CC3)CC4)(CC1)CC2.[Br-].[Br-].[Br-].[Br-]. The van der Waals surface area contributed by atoms with Crippen LogP contribution in [0.4, 0.5) is 0 Å². The van der Waals surface area contributed by atoms with Crippen molar-refractivity contribution in [3.8, 4) is 0 Å². The number of nitrogens with zero attached hydrogens (tertiary/aromatic N) is 4. The largest absolute Gasteiger partial charge is 1.00 e. The van der Waals surface area contributed by atoms with E-state index in [1.54, 1.807) is 0 Å². The van der Waals surface area contributed by atoms with Crippen LogP contribution in [0, 0.1) is 0 Å². The quantitative estimate of drug-likeness (QED) is 0.0595. The number of fused-ring (bicyclic) bond motifs is 6. The number of unbranched alkanes of at least 4 members (excludes halogenated alkanes) is 24. The maximum absolute atomic E-state index is 2.32. The van der Waals surface area contributed by atoms with Crippen molar-refractivity contribution in [2.45, 2.75) is 187 Å². The second-order valence-corrected chi connectivity index (χ2v) is 18.8. The molecular weight excluding hydrogens is 916 g/mol. The molecule has 0 aromatic carbocycles. The summed E-state index contributed by atoms with van der Waals surface area (Å²) in [7, 11) is 0. The highest BCUT2D eigenvalue weighted by Crippen LogP contribution is 2.30. The van der Waals surface area contributed by atoms with Crippen LogP contribution in [0.3, 0.4) is 0 Å². The number of quaternary nitrogens is 4. The lowest BCUT2D eigenvalue weighted by Gasteiger charge is -2.56. The lowest BCUT2D eigenvalue weighted by atomic mass is 10.0. The van der Waals surface area contributed by atoms with Crippen molar-refractivity contribution in [2.75, 3.05) is 105 Å². The summed E-state index contributed by atoms with van der Waals surface area (Å²) < 4.78 is 5.99. The van der Waals surface area contributed by atoms with Gasteiger partial charge in [-0.05, 0) is 44.9 Å². The third-order valence-electron chi connectivity index (χ3n) is 15.0. The Hall–Kier alpha value is 1.76. The topological polar surface area (TPSA) is 0 Å². The first-order valence-corrected chi connectivity index (χ1v) is 23.5. The Balaban J connectivity index is 0.00000676. The van der Waals surface area contributed by atoms with Crippen LogP contribution < -0.4 is 67.9 Å². The van der Waals surface area contributed by atoms with Gasteiger partial charge in [-0.3, -0.25) is 0 Å². The average Bonchev–Trinajstić information content (AvgIpc) is 3.14. The van der Waals surface area contributed by atoms with E-state index in [-0.39, 0.29) is 67.9 Å². The van der Waals surface area contributed by atoms with Crippen molar-refractivity contribution < 1.29 is 85.9 Å². The van der Waals surface area contributed by atoms with Crippen LogP contribution in [0.25, 0.3) is 0 Å². The molecule has 6 aliphatic rings. The fraction of sp³-hybridized carbons (Fsp3) is 1.00. The van der Waals surface area contributed by atoms with E-state index in [1.165, 1.54) is 296 Å². The molecule has 0 aromatic heterocycles. The van der Waals surface area contributed by atoms with Gasteiger partial charge in [0, 0.05) is 0 Å². The van der Waals surface area contributed by atoms with Crippen LogP contribution in [0.5, 0.6) is 0 Å². The van der Waals surface area contributed by atoms with Gasteiger partial charge in [-0.15, -0.1) is 0 Å². The average molecular weight is 1010 g/mol. The lowest BCUT2D eigenvalue weighted by molar-refractivity contribution is -1.08. The smallest absolute Gasteiger partial charge is 0.129 e. The molecule has 320 valence electrons. The molecule has 0 aliphatic carbocycles. The van der Waals surface area contributed by atoms with Crippen LogP contribution in [-0.2, 0) is 0 Å². The van der Waals surface area contributed by atoms with E-state index in [2.05, 4.69) is 13.8 Å². The second-order valence-electron chi connectivity index (χ2n) is 18.8. The Morgan fingerprint density at radius 3 is 0.509 bits per heavy atom. The van der Waals surface area contributed by atoms with Crippen molar-refractivity contribution in [1.29, 1.82) is 0 Å². The molecule has 6 fully saturated rings. The van der Waals surface area contributed by atoms with Gasteiger partial charge in [0.15, 0.2) is 0 Å². The van der Waals surface area contributed by atoms with Gasteiger partial charge in [-0.25, -0.2) is 0 Å². The minimum absolute atomic E-state index is 0. The molecule has 6 aliphatic heterocycles. The van der Waals surface area contributed by atoms with Crippen LogP contribution in [0.1, 0.15) is 187 Å². The third-order valence-corrected chi connectivity index (χ3v) is 15.0. The van der Waals surface area contributed by atoms with E-state index < -0.39 is 0 Å². The number of halogens is 4. The van der Waals surface area contributed by atoms with Crippen LogP contribution in [0.2, 0.25) is 0 Å².